The van der Waals surface area contributed by atoms with Gasteiger partial charge in [0.25, 0.3) is 0 Å². The van der Waals surface area contributed by atoms with Crippen LogP contribution in [0, 0.1) is 0 Å². The number of hydrogen-bond donors (Lipinski definition) is 1. The maximum atomic E-state index is 12.5. The van der Waals surface area contributed by atoms with Crippen LogP contribution in [0.5, 0.6) is 0 Å². The average molecular weight is 228 g/mol. The van der Waals surface area contributed by atoms with Crippen molar-refractivity contribution < 1.29 is 18.3 Å². The van der Waals surface area contributed by atoms with Crippen molar-refractivity contribution in [1.29, 1.82) is 0 Å². The largest absolute Gasteiger partial charge is 0.416 e. The molecule has 0 amide bonds. The highest BCUT2D eigenvalue weighted by Crippen LogP contribution is 2.53. The Morgan fingerprint density at radius 2 is 1.88 bits per heavy atom. The number of aliphatic hydroxyl groups excluding tert-OH is 1. The van der Waals surface area contributed by atoms with Gasteiger partial charge >= 0.3 is 6.18 Å². The molecule has 3 rings (SSSR count). The van der Waals surface area contributed by atoms with E-state index < -0.39 is 11.7 Å². The van der Waals surface area contributed by atoms with Crippen LogP contribution in [0.25, 0.3) is 0 Å². The number of fused-ring (bicyclic) bond motifs is 5. The second-order valence-corrected chi connectivity index (χ2v) is 4.68. The van der Waals surface area contributed by atoms with Gasteiger partial charge in [-0.1, -0.05) is 6.07 Å². The lowest BCUT2D eigenvalue weighted by Gasteiger charge is -2.21. The predicted molar refractivity (Wildman–Crippen MR) is 52.2 cm³/mol. The molecule has 1 aromatic rings. The SMILES string of the molecule is O[C@H]1C[C@H]2C[C@H]1c1ccc(C(F)(F)F)cc12. The normalized spacial score (nSPS) is 31.9. The van der Waals surface area contributed by atoms with Gasteiger partial charge in [0, 0.05) is 5.92 Å². The molecule has 1 aromatic carbocycles. The minimum absolute atomic E-state index is 0.0577. The molecule has 0 heterocycles. The van der Waals surface area contributed by atoms with Crippen LogP contribution in [0.15, 0.2) is 18.2 Å². The molecular weight excluding hydrogens is 217 g/mol. The molecule has 0 aromatic heterocycles. The smallest absolute Gasteiger partial charge is 0.392 e. The molecule has 2 aliphatic carbocycles. The molecule has 0 radical (unpaired) electrons. The zero-order valence-electron chi connectivity index (χ0n) is 8.46. The van der Waals surface area contributed by atoms with Crippen molar-refractivity contribution in [3.05, 3.63) is 34.9 Å². The molecule has 4 heteroatoms. The van der Waals surface area contributed by atoms with E-state index in [0.29, 0.717) is 6.42 Å². The quantitative estimate of drug-likeness (QED) is 0.723. The summed E-state index contributed by atoms with van der Waals surface area (Å²) >= 11 is 0. The van der Waals surface area contributed by atoms with Gasteiger partial charge in [-0.15, -0.1) is 0 Å². The lowest BCUT2D eigenvalue weighted by Crippen LogP contribution is -2.16. The van der Waals surface area contributed by atoms with Gasteiger partial charge in [-0.05, 0) is 42.0 Å². The Bertz CT molecular complexity index is 438. The number of aliphatic hydroxyl groups is 1. The summed E-state index contributed by atoms with van der Waals surface area (Å²) in [7, 11) is 0. The first-order chi connectivity index (χ1) is 7.47. The molecule has 1 nitrogen and oxygen atoms in total. The third kappa shape index (κ3) is 1.29. The number of halogens is 3. The molecule has 1 N–H and O–H groups in total. The average Bonchev–Trinajstić information content (AvgIpc) is 2.73. The van der Waals surface area contributed by atoms with Crippen molar-refractivity contribution in [2.45, 2.75) is 37.0 Å². The van der Waals surface area contributed by atoms with E-state index in [4.69, 9.17) is 0 Å². The zero-order valence-corrected chi connectivity index (χ0v) is 8.46. The molecule has 0 spiro atoms. The van der Waals surface area contributed by atoms with Crippen LogP contribution in [-0.4, -0.2) is 11.2 Å². The monoisotopic (exact) mass is 228 g/mol. The Morgan fingerprint density at radius 3 is 2.56 bits per heavy atom. The highest BCUT2D eigenvalue weighted by atomic mass is 19.4. The van der Waals surface area contributed by atoms with Crippen LogP contribution in [0.3, 0.4) is 0 Å². The van der Waals surface area contributed by atoms with E-state index in [2.05, 4.69) is 0 Å². The van der Waals surface area contributed by atoms with Gasteiger partial charge in [-0.25, -0.2) is 0 Å². The van der Waals surface area contributed by atoms with Crippen LogP contribution in [0.1, 0.15) is 41.4 Å². The van der Waals surface area contributed by atoms with Gasteiger partial charge < -0.3 is 5.11 Å². The summed E-state index contributed by atoms with van der Waals surface area (Å²) in [6.07, 6.45) is -3.22. The van der Waals surface area contributed by atoms with Crippen LogP contribution in [0.4, 0.5) is 13.2 Å². The van der Waals surface area contributed by atoms with Gasteiger partial charge in [-0.2, -0.15) is 13.2 Å². The first-order valence-corrected chi connectivity index (χ1v) is 5.36. The fraction of sp³-hybridized carbons (Fsp3) is 0.500. The van der Waals surface area contributed by atoms with Gasteiger partial charge in [0.2, 0.25) is 0 Å². The Morgan fingerprint density at radius 1 is 1.12 bits per heavy atom. The molecule has 0 aliphatic heterocycles. The summed E-state index contributed by atoms with van der Waals surface area (Å²) in [5.74, 6) is 0.180. The van der Waals surface area contributed by atoms with Crippen LogP contribution < -0.4 is 0 Å². The Kier molecular flexibility index (Phi) is 1.90. The summed E-state index contributed by atoms with van der Waals surface area (Å²) in [5.41, 5.74) is 1.13. The third-order valence-electron chi connectivity index (χ3n) is 3.78. The maximum Gasteiger partial charge on any atom is 0.416 e. The molecule has 0 saturated heterocycles. The number of benzene rings is 1. The van der Waals surface area contributed by atoms with E-state index in [1.807, 2.05) is 0 Å². The molecule has 0 unspecified atom stereocenters. The summed E-state index contributed by atoms with van der Waals surface area (Å²) in [5, 5.41) is 9.67. The molecular formula is C12H11F3O. The second kappa shape index (κ2) is 3.00. The fourth-order valence-corrected chi connectivity index (χ4v) is 3.05. The first kappa shape index (κ1) is 10.1. The lowest BCUT2D eigenvalue weighted by atomic mass is 9.88. The highest BCUT2D eigenvalue weighted by molar-refractivity contribution is 5.45. The summed E-state index contributed by atoms with van der Waals surface area (Å²) in [4.78, 5) is 0. The molecule has 16 heavy (non-hydrogen) atoms. The second-order valence-electron chi connectivity index (χ2n) is 4.68. The lowest BCUT2D eigenvalue weighted by molar-refractivity contribution is -0.137. The predicted octanol–water partition coefficient (Wildman–Crippen LogP) is 3.04. The van der Waals surface area contributed by atoms with Crippen molar-refractivity contribution >= 4 is 0 Å². The topological polar surface area (TPSA) is 20.2 Å². The van der Waals surface area contributed by atoms with Crippen molar-refractivity contribution in [2.24, 2.45) is 0 Å². The summed E-state index contributed by atoms with van der Waals surface area (Å²) < 4.78 is 37.6. The Hall–Kier alpha value is -1.03. The van der Waals surface area contributed by atoms with E-state index >= 15 is 0 Å². The molecule has 2 aliphatic rings. The van der Waals surface area contributed by atoms with Crippen molar-refractivity contribution in [1.82, 2.24) is 0 Å². The zero-order chi connectivity index (χ0) is 11.5. The van der Waals surface area contributed by atoms with E-state index in [1.54, 1.807) is 0 Å². The van der Waals surface area contributed by atoms with Crippen LogP contribution in [-0.2, 0) is 6.18 Å². The van der Waals surface area contributed by atoms with E-state index in [0.717, 1.165) is 23.6 Å². The number of hydrogen-bond acceptors (Lipinski definition) is 1. The van der Waals surface area contributed by atoms with Crippen molar-refractivity contribution in [2.75, 3.05) is 0 Å². The molecule has 1 saturated carbocycles. The maximum absolute atomic E-state index is 12.5. The van der Waals surface area contributed by atoms with E-state index in [1.165, 1.54) is 12.1 Å². The Balaban J connectivity index is 2.06. The molecule has 3 atom stereocenters. The van der Waals surface area contributed by atoms with Crippen LogP contribution >= 0.6 is 0 Å². The minimum Gasteiger partial charge on any atom is -0.392 e. The van der Waals surface area contributed by atoms with Gasteiger partial charge in [-0.3, -0.25) is 0 Å². The van der Waals surface area contributed by atoms with Crippen LogP contribution in [0.2, 0.25) is 0 Å². The van der Waals surface area contributed by atoms with Gasteiger partial charge in [0.05, 0.1) is 11.7 Å². The van der Waals surface area contributed by atoms with Crippen molar-refractivity contribution in [3.8, 4) is 0 Å². The molecule has 2 bridgehead atoms. The standard InChI is InChI=1S/C12H11F3O/c13-12(14,15)7-1-2-8-9(5-7)6-3-10(8)11(16)4-6/h1-2,5-6,10-11,16H,3-4H2/t6-,10+,11+/m1/s1. The summed E-state index contributed by atoms with van der Waals surface area (Å²) in [6, 6.07) is 3.91. The summed E-state index contributed by atoms with van der Waals surface area (Å²) in [6.45, 7) is 0. The third-order valence-corrected chi connectivity index (χ3v) is 3.78. The Labute approximate surface area is 90.9 Å². The number of alkyl halides is 3. The van der Waals surface area contributed by atoms with Gasteiger partial charge in [0.1, 0.15) is 0 Å². The van der Waals surface area contributed by atoms with Crippen molar-refractivity contribution in [3.63, 3.8) is 0 Å². The molecule has 1 fully saturated rings. The first-order valence-electron chi connectivity index (χ1n) is 5.36. The highest BCUT2D eigenvalue weighted by Gasteiger charge is 2.44. The number of rotatable bonds is 0. The minimum atomic E-state index is -4.27. The van der Waals surface area contributed by atoms with E-state index in [9.17, 15) is 18.3 Å². The van der Waals surface area contributed by atoms with E-state index in [-0.39, 0.29) is 17.9 Å². The van der Waals surface area contributed by atoms with Gasteiger partial charge in [0.15, 0.2) is 0 Å². The molecule has 86 valence electrons. The fourth-order valence-electron chi connectivity index (χ4n) is 3.05.